The third-order valence-electron chi connectivity index (χ3n) is 5.70. The smallest absolute Gasteiger partial charge is 0.271 e. The van der Waals surface area contributed by atoms with Crippen LogP contribution in [0.4, 0.5) is 5.69 Å². The maximum Gasteiger partial charge on any atom is 0.271 e. The van der Waals surface area contributed by atoms with Crippen molar-refractivity contribution in [3.63, 3.8) is 0 Å². The topological polar surface area (TPSA) is 64.0 Å². The molecule has 2 heterocycles. The fourth-order valence-corrected chi connectivity index (χ4v) is 3.93. The van der Waals surface area contributed by atoms with Crippen molar-refractivity contribution in [2.75, 3.05) is 45.3 Å². The van der Waals surface area contributed by atoms with Crippen LogP contribution in [-0.4, -0.2) is 55.8 Å². The number of benzene rings is 2. The molecule has 0 N–H and O–H groups in total. The van der Waals surface area contributed by atoms with Gasteiger partial charge in [-0.15, -0.1) is 0 Å². The van der Waals surface area contributed by atoms with Crippen LogP contribution in [0.1, 0.15) is 5.56 Å². The SMILES string of the molecule is COc1ccc(C=C(C(=O)N2CCN(c3ccccc3)CC2)n2ccccc2=O)cc1OC. The Hall–Kier alpha value is -4.00. The van der Waals surface area contributed by atoms with Crippen molar-refractivity contribution in [3.05, 3.63) is 88.8 Å². The maximum atomic E-state index is 13.6. The number of methoxy groups -OCH3 is 2. The normalized spacial score (nSPS) is 14.2. The van der Waals surface area contributed by atoms with Crippen molar-refractivity contribution in [1.82, 2.24) is 9.47 Å². The van der Waals surface area contributed by atoms with Gasteiger partial charge in [0.05, 0.1) is 14.2 Å². The van der Waals surface area contributed by atoms with Gasteiger partial charge in [-0.1, -0.05) is 30.3 Å². The number of nitrogens with zero attached hydrogens (tertiary/aromatic N) is 3. The monoisotopic (exact) mass is 445 g/mol. The molecule has 0 spiro atoms. The lowest BCUT2D eigenvalue weighted by Crippen LogP contribution is -2.49. The summed E-state index contributed by atoms with van der Waals surface area (Å²) in [5.74, 6) is 0.956. The minimum atomic E-state index is -0.263. The van der Waals surface area contributed by atoms with E-state index in [1.165, 1.54) is 10.6 Å². The number of aromatic nitrogens is 1. The maximum absolute atomic E-state index is 13.6. The van der Waals surface area contributed by atoms with E-state index in [1.807, 2.05) is 24.3 Å². The van der Waals surface area contributed by atoms with Crippen molar-refractivity contribution in [1.29, 1.82) is 0 Å². The number of anilines is 1. The van der Waals surface area contributed by atoms with E-state index in [0.717, 1.165) is 24.3 Å². The predicted octanol–water partition coefficient (Wildman–Crippen LogP) is 3.21. The highest BCUT2D eigenvalue weighted by atomic mass is 16.5. The number of amides is 1. The molecule has 0 atom stereocenters. The van der Waals surface area contributed by atoms with Crippen LogP contribution >= 0.6 is 0 Å². The Bertz CT molecular complexity index is 1200. The summed E-state index contributed by atoms with van der Waals surface area (Å²) in [5.41, 5.74) is 1.90. The second-order valence-electron chi connectivity index (χ2n) is 7.67. The average molecular weight is 446 g/mol. The van der Waals surface area contributed by atoms with Gasteiger partial charge in [0.25, 0.3) is 11.5 Å². The molecule has 0 aliphatic carbocycles. The summed E-state index contributed by atoms with van der Waals surface area (Å²) in [4.78, 5) is 30.3. The van der Waals surface area contributed by atoms with Crippen molar-refractivity contribution >= 4 is 23.4 Å². The number of ether oxygens (including phenoxy) is 2. The van der Waals surface area contributed by atoms with E-state index < -0.39 is 0 Å². The molecular formula is C26H27N3O4. The zero-order chi connectivity index (χ0) is 23.2. The first kappa shape index (κ1) is 22.2. The van der Waals surface area contributed by atoms with Crippen LogP contribution in [-0.2, 0) is 4.79 Å². The van der Waals surface area contributed by atoms with Gasteiger partial charge in [0.15, 0.2) is 11.5 Å². The van der Waals surface area contributed by atoms with Gasteiger partial charge in [0.2, 0.25) is 0 Å². The third-order valence-corrected chi connectivity index (χ3v) is 5.70. The van der Waals surface area contributed by atoms with E-state index in [9.17, 15) is 9.59 Å². The zero-order valence-electron chi connectivity index (χ0n) is 18.8. The number of carbonyl (C=O) groups is 1. The lowest BCUT2D eigenvalue weighted by molar-refractivity contribution is -0.125. The number of piperazine rings is 1. The molecule has 1 saturated heterocycles. The quantitative estimate of drug-likeness (QED) is 0.545. The molecule has 0 saturated carbocycles. The van der Waals surface area contributed by atoms with Gasteiger partial charge in [-0.25, -0.2) is 0 Å². The Labute approximate surface area is 193 Å². The number of para-hydroxylation sites is 1. The molecule has 7 nitrogen and oxygen atoms in total. The number of hydrogen-bond donors (Lipinski definition) is 0. The Morgan fingerprint density at radius 2 is 1.55 bits per heavy atom. The molecule has 3 aromatic rings. The Morgan fingerprint density at radius 1 is 0.848 bits per heavy atom. The summed E-state index contributed by atoms with van der Waals surface area (Å²) in [6.45, 7) is 2.59. The minimum absolute atomic E-state index is 0.189. The first-order chi connectivity index (χ1) is 16.1. The molecule has 1 aliphatic heterocycles. The Balaban J connectivity index is 1.63. The summed E-state index contributed by atoms with van der Waals surface area (Å²) in [6, 6.07) is 20.4. The molecule has 0 bridgehead atoms. The van der Waals surface area contributed by atoms with E-state index in [4.69, 9.17) is 9.47 Å². The van der Waals surface area contributed by atoms with Gasteiger partial charge >= 0.3 is 0 Å². The van der Waals surface area contributed by atoms with Crippen LogP contribution in [0, 0.1) is 0 Å². The molecule has 7 heteroatoms. The summed E-state index contributed by atoms with van der Waals surface area (Å²) in [6.07, 6.45) is 3.34. The lowest BCUT2D eigenvalue weighted by atomic mass is 10.1. The van der Waals surface area contributed by atoms with Gasteiger partial charge < -0.3 is 19.3 Å². The molecule has 2 aromatic carbocycles. The molecule has 1 aliphatic rings. The molecule has 0 unspecified atom stereocenters. The second-order valence-corrected chi connectivity index (χ2v) is 7.67. The first-order valence-corrected chi connectivity index (χ1v) is 10.8. The molecule has 1 fully saturated rings. The Kier molecular flexibility index (Phi) is 6.78. The fourth-order valence-electron chi connectivity index (χ4n) is 3.93. The zero-order valence-corrected chi connectivity index (χ0v) is 18.8. The number of hydrogen-bond acceptors (Lipinski definition) is 5. The Morgan fingerprint density at radius 3 is 2.21 bits per heavy atom. The molecular weight excluding hydrogens is 418 g/mol. The molecule has 1 aromatic heterocycles. The van der Waals surface area contributed by atoms with Crippen molar-refractivity contribution in [2.45, 2.75) is 0 Å². The van der Waals surface area contributed by atoms with Crippen molar-refractivity contribution in [2.24, 2.45) is 0 Å². The van der Waals surface area contributed by atoms with Crippen LogP contribution in [0.3, 0.4) is 0 Å². The molecule has 33 heavy (non-hydrogen) atoms. The van der Waals surface area contributed by atoms with Crippen LogP contribution in [0.2, 0.25) is 0 Å². The van der Waals surface area contributed by atoms with E-state index in [-0.39, 0.29) is 11.5 Å². The van der Waals surface area contributed by atoms with E-state index in [0.29, 0.717) is 30.3 Å². The van der Waals surface area contributed by atoms with Gasteiger partial charge in [0, 0.05) is 44.1 Å². The highest BCUT2D eigenvalue weighted by Gasteiger charge is 2.25. The largest absolute Gasteiger partial charge is 0.493 e. The highest BCUT2D eigenvalue weighted by Crippen LogP contribution is 2.29. The lowest BCUT2D eigenvalue weighted by Gasteiger charge is -2.36. The predicted molar refractivity (Wildman–Crippen MR) is 130 cm³/mol. The van der Waals surface area contributed by atoms with Crippen LogP contribution in [0.5, 0.6) is 11.5 Å². The molecule has 170 valence electrons. The molecule has 1 amide bonds. The number of rotatable bonds is 6. The fraction of sp³-hybridized carbons (Fsp3) is 0.231. The summed E-state index contributed by atoms with van der Waals surface area (Å²) < 4.78 is 12.1. The van der Waals surface area contributed by atoms with Crippen LogP contribution in [0.15, 0.2) is 77.7 Å². The number of pyridine rings is 1. The molecule has 4 rings (SSSR count). The van der Waals surface area contributed by atoms with Crippen molar-refractivity contribution in [3.8, 4) is 11.5 Å². The van der Waals surface area contributed by atoms with E-state index >= 15 is 0 Å². The van der Waals surface area contributed by atoms with Crippen LogP contribution < -0.4 is 19.9 Å². The standard InChI is InChI=1S/C26H27N3O4/c1-32-23-12-11-20(19-24(23)33-2)18-22(29-13-7-6-10-25(29)30)26(31)28-16-14-27(15-17-28)21-8-4-3-5-9-21/h3-13,18-19H,14-17H2,1-2H3. The summed E-state index contributed by atoms with van der Waals surface area (Å²) >= 11 is 0. The van der Waals surface area contributed by atoms with Crippen LogP contribution in [0.25, 0.3) is 11.8 Å². The molecule has 0 radical (unpaired) electrons. The van der Waals surface area contributed by atoms with Gasteiger partial charge in [0.1, 0.15) is 5.70 Å². The summed E-state index contributed by atoms with van der Waals surface area (Å²) in [7, 11) is 3.13. The number of carbonyl (C=O) groups excluding carboxylic acids is 1. The minimum Gasteiger partial charge on any atom is -0.493 e. The van der Waals surface area contributed by atoms with Crippen molar-refractivity contribution < 1.29 is 14.3 Å². The summed E-state index contributed by atoms with van der Waals surface area (Å²) in [5, 5.41) is 0. The van der Waals surface area contributed by atoms with Gasteiger partial charge in [-0.2, -0.15) is 0 Å². The average Bonchev–Trinajstić information content (AvgIpc) is 2.88. The highest BCUT2D eigenvalue weighted by molar-refractivity contribution is 6.18. The van der Waals surface area contributed by atoms with E-state index in [1.54, 1.807) is 55.7 Å². The van der Waals surface area contributed by atoms with E-state index in [2.05, 4.69) is 17.0 Å². The van der Waals surface area contributed by atoms with Gasteiger partial charge in [-0.05, 0) is 42.0 Å². The third kappa shape index (κ3) is 4.92. The first-order valence-electron chi connectivity index (χ1n) is 10.8. The second kappa shape index (κ2) is 10.1. The van der Waals surface area contributed by atoms with Gasteiger partial charge in [-0.3, -0.25) is 14.2 Å².